The Bertz CT molecular complexity index is 321. The normalized spacial score (nSPS) is 9.69. The van der Waals surface area contributed by atoms with E-state index >= 15 is 0 Å². The van der Waals surface area contributed by atoms with Gasteiger partial charge in [0.2, 0.25) is 5.91 Å². The van der Waals surface area contributed by atoms with Crippen molar-refractivity contribution in [2.24, 2.45) is 0 Å². The van der Waals surface area contributed by atoms with Crippen LogP contribution in [0.1, 0.15) is 18.9 Å². The molecule has 3 heteroatoms. The molecule has 0 radical (unpaired) electrons. The van der Waals surface area contributed by atoms with E-state index in [2.05, 4.69) is 5.32 Å². The Labute approximate surface area is 77.9 Å². The minimum Gasteiger partial charge on any atom is -0.399 e. The zero-order valence-corrected chi connectivity index (χ0v) is 7.92. The fourth-order valence-electron chi connectivity index (χ4n) is 1.01. The largest absolute Gasteiger partial charge is 0.399 e. The maximum atomic E-state index is 11.1. The van der Waals surface area contributed by atoms with Gasteiger partial charge in [-0.2, -0.15) is 0 Å². The van der Waals surface area contributed by atoms with Crippen molar-refractivity contribution in [1.82, 2.24) is 0 Å². The third-order valence-corrected chi connectivity index (χ3v) is 1.86. The summed E-state index contributed by atoms with van der Waals surface area (Å²) in [6.07, 6.45) is 0.480. The smallest absolute Gasteiger partial charge is 0.224 e. The number of anilines is 2. The second-order valence-electron chi connectivity index (χ2n) is 2.98. The molecule has 1 aromatic carbocycles. The first-order valence-corrected chi connectivity index (χ1v) is 4.29. The summed E-state index contributed by atoms with van der Waals surface area (Å²) < 4.78 is 0. The van der Waals surface area contributed by atoms with Gasteiger partial charge in [0, 0.05) is 17.8 Å². The first-order valence-electron chi connectivity index (χ1n) is 4.29. The molecule has 0 aliphatic heterocycles. The van der Waals surface area contributed by atoms with Crippen LogP contribution in [0.2, 0.25) is 0 Å². The Morgan fingerprint density at radius 3 is 2.85 bits per heavy atom. The number of benzene rings is 1. The van der Waals surface area contributed by atoms with Gasteiger partial charge < -0.3 is 11.1 Å². The average Bonchev–Trinajstić information content (AvgIpc) is 2.11. The van der Waals surface area contributed by atoms with E-state index in [1.165, 1.54) is 0 Å². The minimum absolute atomic E-state index is 0.00806. The van der Waals surface area contributed by atoms with Gasteiger partial charge in [0.05, 0.1) is 0 Å². The predicted molar refractivity (Wildman–Crippen MR) is 54.5 cm³/mol. The Morgan fingerprint density at radius 2 is 2.23 bits per heavy atom. The number of nitrogen functional groups attached to an aromatic ring is 1. The van der Waals surface area contributed by atoms with Gasteiger partial charge in [0.25, 0.3) is 0 Å². The molecule has 0 aliphatic carbocycles. The summed E-state index contributed by atoms with van der Waals surface area (Å²) in [5.41, 5.74) is 8.08. The summed E-state index contributed by atoms with van der Waals surface area (Å²) in [5, 5.41) is 2.78. The van der Waals surface area contributed by atoms with E-state index < -0.39 is 0 Å². The van der Waals surface area contributed by atoms with Gasteiger partial charge in [-0.05, 0) is 24.6 Å². The van der Waals surface area contributed by atoms with Gasteiger partial charge in [-0.3, -0.25) is 4.79 Å². The second-order valence-corrected chi connectivity index (χ2v) is 2.98. The predicted octanol–water partition coefficient (Wildman–Crippen LogP) is 1.93. The van der Waals surface area contributed by atoms with Crippen molar-refractivity contribution in [3.8, 4) is 0 Å². The molecule has 0 unspecified atom stereocenters. The van der Waals surface area contributed by atoms with E-state index in [0.717, 1.165) is 11.3 Å². The fourth-order valence-corrected chi connectivity index (χ4v) is 1.01. The summed E-state index contributed by atoms with van der Waals surface area (Å²) in [6, 6.07) is 5.47. The van der Waals surface area contributed by atoms with Crippen molar-refractivity contribution in [2.45, 2.75) is 20.3 Å². The number of nitrogens with two attached hydrogens (primary N) is 1. The number of carbonyl (C=O) groups is 1. The lowest BCUT2D eigenvalue weighted by atomic mass is 10.2. The Hall–Kier alpha value is -1.51. The van der Waals surface area contributed by atoms with Gasteiger partial charge in [0.15, 0.2) is 0 Å². The summed E-state index contributed by atoms with van der Waals surface area (Å²) >= 11 is 0. The molecule has 3 nitrogen and oxygen atoms in total. The first kappa shape index (κ1) is 9.58. The molecule has 0 fully saturated rings. The standard InChI is InChI=1S/C10H14N2O/c1-3-10(13)12-9-6-8(11)5-4-7(9)2/h4-6H,3,11H2,1-2H3,(H,12,13). The summed E-state index contributed by atoms with van der Waals surface area (Å²) in [6.45, 7) is 3.75. The van der Waals surface area contributed by atoms with Gasteiger partial charge in [-0.1, -0.05) is 13.0 Å². The molecule has 0 aromatic heterocycles. The Morgan fingerprint density at radius 1 is 1.54 bits per heavy atom. The molecule has 1 aromatic rings. The van der Waals surface area contributed by atoms with Crippen LogP contribution in [0.4, 0.5) is 11.4 Å². The number of aryl methyl sites for hydroxylation is 1. The zero-order valence-electron chi connectivity index (χ0n) is 7.92. The Kier molecular flexibility index (Phi) is 2.90. The van der Waals surface area contributed by atoms with Crippen LogP contribution >= 0.6 is 0 Å². The fraction of sp³-hybridized carbons (Fsp3) is 0.300. The SMILES string of the molecule is CCC(=O)Nc1cc(N)ccc1C. The van der Waals surface area contributed by atoms with Crippen molar-refractivity contribution >= 4 is 17.3 Å². The second kappa shape index (κ2) is 3.94. The maximum absolute atomic E-state index is 11.1. The van der Waals surface area contributed by atoms with E-state index in [-0.39, 0.29) is 5.91 Å². The van der Waals surface area contributed by atoms with Gasteiger partial charge in [-0.15, -0.1) is 0 Å². The molecule has 3 N–H and O–H groups in total. The van der Waals surface area contributed by atoms with Crippen molar-refractivity contribution in [1.29, 1.82) is 0 Å². The molecular weight excluding hydrogens is 164 g/mol. The molecule has 1 rings (SSSR count). The molecule has 0 saturated carbocycles. The van der Waals surface area contributed by atoms with Crippen molar-refractivity contribution in [3.05, 3.63) is 23.8 Å². The van der Waals surface area contributed by atoms with Crippen LogP contribution in [0.5, 0.6) is 0 Å². The van der Waals surface area contributed by atoms with E-state index in [9.17, 15) is 4.79 Å². The van der Waals surface area contributed by atoms with Crippen LogP contribution in [0.15, 0.2) is 18.2 Å². The highest BCUT2D eigenvalue weighted by atomic mass is 16.1. The molecule has 70 valence electrons. The number of amides is 1. The van der Waals surface area contributed by atoms with Crippen LogP contribution in [0, 0.1) is 6.92 Å². The molecule has 1 amide bonds. The van der Waals surface area contributed by atoms with Gasteiger partial charge >= 0.3 is 0 Å². The lowest BCUT2D eigenvalue weighted by Crippen LogP contribution is -2.10. The highest BCUT2D eigenvalue weighted by Crippen LogP contribution is 2.17. The van der Waals surface area contributed by atoms with Crippen LogP contribution in [0.25, 0.3) is 0 Å². The number of nitrogens with one attached hydrogen (secondary N) is 1. The van der Waals surface area contributed by atoms with Crippen molar-refractivity contribution < 1.29 is 4.79 Å². The average molecular weight is 178 g/mol. The number of rotatable bonds is 2. The van der Waals surface area contributed by atoms with Crippen LogP contribution in [-0.4, -0.2) is 5.91 Å². The number of hydrogen-bond acceptors (Lipinski definition) is 2. The third-order valence-electron chi connectivity index (χ3n) is 1.86. The zero-order chi connectivity index (χ0) is 9.84. The van der Waals surface area contributed by atoms with Crippen LogP contribution < -0.4 is 11.1 Å². The third kappa shape index (κ3) is 2.47. The van der Waals surface area contributed by atoms with Crippen molar-refractivity contribution in [2.75, 3.05) is 11.1 Å². The highest BCUT2D eigenvalue weighted by Gasteiger charge is 2.01. The molecule has 13 heavy (non-hydrogen) atoms. The summed E-state index contributed by atoms with van der Waals surface area (Å²) in [5.74, 6) is 0.00806. The van der Waals surface area contributed by atoms with E-state index in [4.69, 9.17) is 5.73 Å². The lowest BCUT2D eigenvalue weighted by Gasteiger charge is -2.07. The highest BCUT2D eigenvalue weighted by molar-refractivity contribution is 5.91. The van der Waals surface area contributed by atoms with E-state index in [0.29, 0.717) is 12.1 Å². The molecule has 0 saturated heterocycles. The first-order chi connectivity index (χ1) is 6.13. The maximum Gasteiger partial charge on any atom is 0.224 e. The quantitative estimate of drug-likeness (QED) is 0.680. The lowest BCUT2D eigenvalue weighted by molar-refractivity contribution is -0.115. The summed E-state index contributed by atoms with van der Waals surface area (Å²) in [4.78, 5) is 11.1. The Balaban J connectivity index is 2.87. The van der Waals surface area contributed by atoms with Crippen LogP contribution in [-0.2, 0) is 4.79 Å². The molecule has 0 bridgehead atoms. The number of hydrogen-bond donors (Lipinski definition) is 2. The van der Waals surface area contributed by atoms with Crippen molar-refractivity contribution in [3.63, 3.8) is 0 Å². The van der Waals surface area contributed by atoms with Gasteiger partial charge in [0.1, 0.15) is 0 Å². The van der Waals surface area contributed by atoms with E-state index in [1.54, 1.807) is 6.07 Å². The molecular formula is C10H14N2O. The monoisotopic (exact) mass is 178 g/mol. The molecule has 0 spiro atoms. The van der Waals surface area contributed by atoms with E-state index in [1.807, 2.05) is 26.0 Å². The molecule has 0 heterocycles. The molecule has 0 atom stereocenters. The topological polar surface area (TPSA) is 55.1 Å². The van der Waals surface area contributed by atoms with Crippen LogP contribution in [0.3, 0.4) is 0 Å². The van der Waals surface area contributed by atoms with Gasteiger partial charge in [-0.25, -0.2) is 0 Å². The number of carbonyl (C=O) groups excluding carboxylic acids is 1. The summed E-state index contributed by atoms with van der Waals surface area (Å²) in [7, 11) is 0. The molecule has 0 aliphatic rings. The minimum atomic E-state index is 0.00806.